The summed E-state index contributed by atoms with van der Waals surface area (Å²) in [6.45, 7) is 4.06. The SMILES string of the molecule is CC(C)CCc1c(O)n2c3c(=O)n(C)c(=O)n(C)c3nc2n(Cc2ccc(F)cc2)c1=O. The summed E-state index contributed by atoms with van der Waals surface area (Å²) in [7, 11) is 2.81. The number of nitrogens with zero attached hydrogens (tertiary/aromatic N) is 5. The molecule has 4 rings (SSSR count). The lowest BCUT2D eigenvalue weighted by atomic mass is 10.0. The average Bonchev–Trinajstić information content (AvgIpc) is 3.15. The van der Waals surface area contributed by atoms with E-state index in [9.17, 15) is 23.9 Å². The summed E-state index contributed by atoms with van der Waals surface area (Å²) in [4.78, 5) is 43.1. The summed E-state index contributed by atoms with van der Waals surface area (Å²) in [5.41, 5.74) is -0.793. The predicted octanol–water partition coefficient (Wildman–Crippen LogP) is 1.53. The van der Waals surface area contributed by atoms with Crippen LogP contribution in [0.4, 0.5) is 4.39 Å². The van der Waals surface area contributed by atoms with Gasteiger partial charge in [0.15, 0.2) is 11.2 Å². The van der Waals surface area contributed by atoms with E-state index >= 15 is 0 Å². The number of aromatic nitrogens is 5. The second-order valence-corrected chi connectivity index (χ2v) is 8.38. The molecule has 0 spiro atoms. The van der Waals surface area contributed by atoms with Gasteiger partial charge in [0, 0.05) is 14.1 Å². The Morgan fingerprint density at radius 3 is 2.31 bits per heavy atom. The summed E-state index contributed by atoms with van der Waals surface area (Å²) in [6.07, 6.45) is 0.946. The maximum absolute atomic E-state index is 13.4. The number of fused-ring (bicyclic) bond motifs is 3. The minimum Gasteiger partial charge on any atom is -0.494 e. The van der Waals surface area contributed by atoms with Crippen LogP contribution >= 0.6 is 0 Å². The van der Waals surface area contributed by atoms with Gasteiger partial charge in [0.2, 0.25) is 11.7 Å². The molecule has 0 atom stereocenters. The van der Waals surface area contributed by atoms with Gasteiger partial charge in [-0.15, -0.1) is 0 Å². The quantitative estimate of drug-likeness (QED) is 0.506. The van der Waals surface area contributed by atoms with Crippen molar-refractivity contribution in [3.05, 3.63) is 72.4 Å². The fourth-order valence-electron chi connectivity index (χ4n) is 3.82. The van der Waals surface area contributed by atoms with Crippen LogP contribution < -0.4 is 16.8 Å². The van der Waals surface area contributed by atoms with E-state index < -0.39 is 22.6 Å². The molecule has 0 saturated carbocycles. The number of rotatable bonds is 5. The fourth-order valence-corrected chi connectivity index (χ4v) is 3.82. The molecule has 32 heavy (non-hydrogen) atoms. The number of benzene rings is 1. The van der Waals surface area contributed by atoms with Crippen molar-refractivity contribution >= 4 is 16.9 Å². The second kappa shape index (κ2) is 7.77. The molecule has 0 aliphatic carbocycles. The molecule has 10 heteroatoms. The molecule has 0 amide bonds. The molecule has 0 aliphatic rings. The van der Waals surface area contributed by atoms with Gasteiger partial charge in [0.25, 0.3) is 11.1 Å². The Morgan fingerprint density at radius 2 is 1.69 bits per heavy atom. The Bertz CT molecular complexity index is 1520. The molecule has 1 N–H and O–H groups in total. The number of halogens is 1. The topological polar surface area (TPSA) is 104 Å². The second-order valence-electron chi connectivity index (χ2n) is 8.38. The van der Waals surface area contributed by atoms with Crippen molar-refractivity contribution in [1.82, 2.24) is 23.1 Å². The lowest BCUT2D eigenvalue weighted by Crippen LogP contribution is -2.37. The molecule has 0 aliphatic heterocycles. The molecule has 9 nitrogen and oxygen atoms in total. The van der Waals surface area contributed by atoms with Crippen molar-refractivity contribution in [2.75, 3.05) is 0 Å². The van der Waals surface area contributed by atoms with Crippen molar-refractivity contribution in [3.8, 4) is 5.88 Å². The van der Waals surface area contributed by atoms with Crippen LogP contribution in [0, 0.1) is 11.7 Å². The number of aryl methyl sites for hydroxylation is 1. The molecule has 3 aromatic heterocycles. The van der Waals surface area contributed by atoms with E-state index in [-0.39, 0.29) is 40.8 Å². The summed E-state index contributed by atoms with van der Waals surface area (Å²) >= 11 is 0. The van der Waals surface area contributed by atoms with Gasteiger partial charge in [-0.3, -0.25) is 23.3 Å². The van der Waals surface area contributed by atoms with Crippen LogP contribution in [0.5, 0.6) is 5.88 Å². The third kappa shape index (κ3) is 3.31. The number of imidazole rings is 1. The van der Waals surface area contributed by atoms with E-state index in [2.05, 4.69) is 4.98 Å². The molecule has 0 bridgehead atoms. The lowest BCUT2D eigenvalue weighted by molar-refractivity contribution is 0.429. The van der Waals surface area contributed by atoms with Crippen LogP contribution in [0.1, 0.15) is 31.4 Å². The monoisotopic (exact) mass is 441 g/mol. The highest BCUT2D eigenvalue weighted by molar-refractivity contribution is 5.76. The summed E-state index contributed by atoms with van der Waals surface area (Å²) in [5, 5.41) is 11.1. The standard InChI is InChI=1S/C22H24FN5O4/c1-12(2)5-10-15-18(29)27(11-13-6-8-14(23)9-7-13)21-24-17-16(28(21)19(15)30)20(31)26(4)22(32)25(17)3/h6-9,12,30H,5,10-11H2,1-4H3. The van der Waals surface area contributed by atoms with E-state index in [0.29, 0.717) is 18.4 Å². The number of aromatic hydroxyl groups is 1. The highest BCUT2D eigenvalue weighted by Crippen LogP contribution is 2.23. The van der Waals surface area contributed by atoms with Crippen molar-refractivity contribution in [2.45, 2.75) is 33.2 Å². The van der Waals surface area contributed by atoms with Gasteiger partial charge in [-0.1, -0.05) is 26.0 Å². The number of hydrogen-bond donors (Lipinski definition) is 1. The fraction of sp³-hybridized carbons (Fsp3) is 0.364. The van der Waals surface area contributed by atoms with Gasteiger partial charge < -0.3 is 5.11 Å². The molecular formula is C22H24FN5O4. The Balaban J connectivity index is 2.12. The van der Waals surface area contributed by atoms with Gasteiger partial charge >= 0.3 is 5.69 Å². The summed E-state index contributed by atoms with van der Waals surface area (Å²) in [5.74, 6) is -0.458. The maximum Gasteiger partial charge on any atom is 0.332 e. The van der Waals surface area contributed by atoms with E-state index in [1.165, 1.54) is 39.8 Å². The first kappa shape index (κ1) is 21.5. The van der Waals surface area contributed by atoms with Crippen LogP contribution in [-0.2, 0) is 27.1 Å². The Morgan fingerprint density at radius 1 is 1.03 bits per heavy atom. The highest BCUT2D eigenvalue weighted by Gasteiger charge is 2.24. The molecule has 3 heterocycles. The molecule has 0 radical (unpaired) electrons. The largest absolute Gasteiger partial charge is 0.494 e. The van der Waals surface area contributed by atoms with Crippen LogP contribution in [-0.4, -0.2) is 28.2 Å². The predicted molar refractivity (Wildman–Crippen MR) is 118 cm³/mol. The number of hydrogen-bond acceptors (Lipinski definition) is 5. The summed E-state index contributed by atoms with van der Waals surface area (Å²) < 4.78 is 18.1. The average molecular weight is 441 g/mol. The van der Waals surface area contributed by atoms with Crippen LogP contribution in [0.15, 0.2) is 38.6 Å². The zero-order chi connectivity index (χ0) is 23.3. The van der Waals surface area contributed by atoms with Crippen LogP contribution in [0.25, 0.3) is 16.9 Å². The van der Waals surface area contributed by atoms with Crippen molar-refractivity contribution < 1.29 is 9.50 Å². The van der Waals surface area contributed by atoms with Gasteiger partial charge in [-0.2, -0.15) is 4.98 Å². The van der Waals surface area contributed by atoms with Gasteiger partial charge in [0.1, 0.15) is 5.82 Å². The minimum atomic E-state index is -0.632. The third-order valence-electron chi connectivity index (χ3n) is 5.69. The maximum atomic E-state index is 13.4. The smallest absolute Gasteiger partial charge is 0.332 e. The molecule has 0 unspecified atom stereocenters. The first-order chi connectivity index (χ1) is 15.1. The Kier molecular flexibility index (Phi) is 5.23. The molecule has 0 saturated heterocycles. The molecule has 168 valence electrons. The molecule has 1 aromatic carbocycles. The third-order valence-corrected chi connectivity index (χ3v) is 5.69. The first-order valence-electron chi connectivity index (χ1n) is 10.3. The van der Waals surface area contributed by atoms with Crippen molar-refractivity contribution in [3.63, 3.8) is 0 Å². The Hall–Kier alpha value is -3.69. The normalized spacial score (nSPS) is 11.8. The van der Waals surface area contributed by atoms with E-state index in [1.807, 2.05) is 13.8 Å². The van der Waals surface area contributed by atoms with E-state index in [4.69, 9.17) is 0 Å². The van der Waals surface area contributed by atoms with E-state index in [1.54, 1.807) is 12.1 Å². The lowest BCUT2D eigenvalue weighted by Gasteiger charge is -2.14. The zero-order valence-electron chi connectivity index (χ0n) is 18.3. The summed E-state index contributed by atoms with van der Waals surface area (Å²) in [6, 6.07) is 5.69. The van der Waals surface area contributed by atoms with Crippen LogP contribution in [0.3, 0.4) is 0 Å². The molecule has 4 aromatic rings. The molecule has 0 fully saturated rings. The zero-order valence-corrected chi connectivity index (χ0v) is 18.3. The van der Waals surface area contributed by atoms with Gasteiger partial charge in [-0.25, -0.2) is 13.6 Å². The van der Waals surface area contributed by atoms with Gasteiger partial charge in [-0.05, 0) is 36.5 Å². The molecular weight excluding hydrogens is 417 g/mol. The first-order valence-corrected chi connectivity index (χ1v) is 10.3. The van der Waals surface area contributed by atoms with Gasteiger partial charge in [0.05, 0.1) is 12.1 Å². The van der Waals surface area contributed by atoms with Crippen molar-refractivity contribution in [1.29, 1.82) is 0 Å². The highest BCUT2D eigenvalue weighted by atomic mass is 19.1. The minimum absolute atomic E-state index is 0.000697. The van der Waals surface area contributed by atoms with Crippen LogP contribution in [0.2, 0.25) is 0 Å². The van der Waals surface area contributed by atoms with E-state index in [0.717, 1.165) is 4.57 Å². The van der Waals surface area contributed by atoms with Crippen molar-refractivity contribution in [2.24, 2.45) is 20.0 Å². The Labute approximate surface area is 181 Å².